The third kappa shape index (κ3) is 1.39. The molecule has 0 fully saturated rings. The number of hydrogen-bond donors (Lipinski definition) is 0. The van der Waals surface area contributed by atoms with Crippen LogP contribution >= 0.6 is 23.1 Å². The number of benzene rings is 1. The molecule has 2 aromatic heterocycles. The van der Waals surface area contributed by atoms with Crippen LogP contribution in [0.25, 0.3) is 20.4 Å². The number of hydrogen-bond acceptors (Lipinski definition) is 5. The van der Waals surface area contributed by atoms with E-state index in [0.717, 1.165) is 15.5 Å². The third-order valence-electron chi connectivity index (χ3n) is 2.17. The lowest BCUT2D eigenvalue weighted by atomic mass is 10.2. The maximum atomic E-state index is 4.48. The van der Waals surface area contributed by atoms with Gasteiger partial charge in [0.05, 0.1) is 0 Å². The van der Waals surface area contributed by atoms with Crippen molar-refractivity contribution in [1.29, 1.82) is 0 Å². The van der Waals surface area contributed by atoms with Crippen LogP contribution in [0.3, 0.4) is 0 Å². The average Bonchev–Trinajstić information content (AvgIpc) is 2.66. The first-order valence-corrected chi connectivity index (χ1v) is 6.48. The molecule has 74 valence electrons. The van der Waals surface area contributed by atoms with Crippen LogP contribution in [-0.2, 0) is 0 Å². The van der Waals surface area contributed by atoms with Crippen molar-refractivity contribution in [3.63, 3.8) is 0 Å². The monoisotopic (exact) mass is 233 g/mol. The first-order valence-electron chi connectivity index (χ1n) is 4.44. The zero-order valence-corrected chi connectivity index (χ0v) is 9.60. The summed E-state index contributed by atoms with van der Waals surface area (Å²) in [5, 5.41) is 10.1. The molecule has 0 radical (unpaired) electrons. The van der Waals surface area contributed by atoms with Crippen LogP contribution in [0.5, 0.6) is 0 Å². The van der Waals surface area contributed by atoms with E-state index in [-0.39, 0.29) is 0 Å². The first kappa shape index (κ1) is 9.06. The second-order valence-corrected chi connectivity index (χ2v) is 4.85. The van der Waals surface area contributed by atoms with Crippen molar-refractivity contribution in [3.8, 4) is 0 Å². The average molecular weight is 233 g/mol. The Balaban J connectivity index is 2.46. The highest BCUT2D eigenvalue weighted by atomic mass is 32.2. The second-order valence-electron chi connectivity index (χ2n) is 3.05. The van der Waals surface area contributed by atoms with Crippen molar-refractivity contribution in [2.45, 2.75) is 5.16 Å². The summed E-state index contributed by atoms with van der Waals surface area (Å²) in [6, 6.07) is 8.21. The Morgan fingerprint density at radius 2 is 2.07 bits per heavy atom. The van der Waals surface area contributed by atoms with Crippen LogP contribution in [-0.4, -0.2) is 21.4 Å². The van der Waals surface area contributed by atoms with E-state index in [4.69, 9.17) is 0 Å². The lowest BCUT2D eigenvalue weighted by Crippen LogP contribution is -1.88. The molecule has 5 heteroatoms. The fraction of sp³-hybridized carbons (Fsp3) is 0.100. The molecule has 15 heavy (non-hydrogen) atoms. The standard InChI is InChI=1S/C10H7N3S2/c1-14-10-11-8-6-4-2-3-5-7(6)15-9(8)12-13-10/h2-5H,1H3. The van der Waals surface area contributed by atoms with E-state index in [1.54, 1.807) is 11.3 Å². The fourth-order valence-electron chi connectivity index (χ4n) is 1.49. The van der Waals surface area contributed by atoms with Crippen molar-refractivity contribution in [2.75, 3.05) is 6.26 Å². The van der Waals surface area contributed by atoms with Gasteiger partial charge in [-0.25, -0.2) is 4.98 Å². The van der Waals surface area contributed by atoms with E-state index in [1.165, 1.54) is 21.8 Å². The highest BCUT2D eigenvalue weighted by Gasteiger charge is 2.08. The molecule has 3 nitrogen and oxygen atoms in total. The molecular formula is C10H7N3S2. The largest absolute Gasteiger partial charge is 0.218 e. The zero-order chi connectivity index (χ0) is 10.3. The van der Waals surface area contributed by atoms with E-state index in [2.05, 4.69) is 27.3 Å². The summed E-state index contributed by atoms with van der Waals surface area (Å²) < 4.78 is 1.22. The van der Waals surface area contributed by atoms with E-state index in [9.17, 15) is 0 Å². The predicted octanol–water partition coefficient (Wildman–Crippen LogP) is 2.96. The highest BCUT2D eigenvalue weighted by Crippen LogP contribution is 2.30. The molecule has 2 heterocycles. The molecule has 0 atom stereocenters. The lowest BCUT2D eigenvalue weighted by Gasteiger charge is -1.92. The Morgan fingerprint density at radius 1 is 1.20 bits per heavy atom. The Labute approximate surface area is 94.6 Å². The molecule has 0 N–H and O–H groups in total. The number of aromatic nitrogens is 3. The Kier molecular flexibility index (Phi) is 2.07. The molecule has 0 aliphatic carbocycles. The Morgan fingerprint density at radius 3 is 2.93 bits per heavy atom. The van der Waals surface area contributed by atoms with Crippen LogP contribution in [0.4, 0.5) is 0 Å². The number of rotatable bonds is 1. The summed E-state index contributed by atoms with van der Waals surface area (Å²) >= 11 is 3.15. The second kappa shape index (κ2) is 3.43. The summed E-state index contributed by atoms with van der Waals surface area (Å²) in [5.41, 5.74) is 0.968. The molecule has 0 saturated heterocycles. The summed E-state index contributed by atoms with van der Waals surface area (Å²) in [4.78, 5) is 5.39. The van der Waals surface area contributed by atoms with E-state index < -0.39 is 0 Å². The molecule has 0 unspecified atom stereocenters. The van der Waals surface area contributed by atoms with Gasteiger partial charge in [0, 0.05) is 10.1 Å². The summed E-state index contributed by atoms with van der Waals surface area (Å²) in [7, 11) is 0. The van der Waals surface area contributed by atoms with Crippen LogP contribution in [0.2, 0.25) is 0 Å². The van der Waals surface area contributed by atoms with Crippen LogP contribution in [0, 0.1) is 0 Å². The third-order valence-corrected chi connectivity index (χ3v) is 3.75. The number of fused-ring (bicyclic) bond motifs is 3. The van der Waals surface area contributed by atoms with Crippen molar-refractivity contribution >= 4 is 43.5 Å². The molecule has 1 aromatic carbocycles. The molecule has 0 bridgehead atoms. The quantitative estimate of drug-likeness (QED) is 0.606. The van der Waals surface area contributed by atoms with Crippen molar-refractivity contribution in [3.05, 3.63) is 24.3 Å². The Hall–Kier alpha value is -1.20. The van der Waals surface area contributed by atoms with Gasteiger partial charge in [-0.1, -0.05) is 30.0 Å². The molecule has 3 rings (SSSR count). The summed E-state index contributed by atoms with van der Waals surface area (Å²) in [6.45, 7) is 0. The normalized spacial score (nSPS) is 11.3. The number of thioether (sulfide) groups is 1. The maximum absolute atomic E-state index is 4.48. The van der Waals surface area contributed by atoms with Gasteiger partial charge >= 0.3 is 0 Å². The summed E-state index contributed by atoms with van der Waals surface area (Å²) in [5.74, 6) is 0. The van der Waals surface area contributed by atoms with Crippen LogP contribution < -0.4 is 0 Å². The molecule has 3 aromatic rings. The fourth-order valence-corrected chi connectivity index (χ4v) is 2.76. The smallest absolute Gasteiger partial charge is 0.209 e. The molecule has 0 amide bonds. The lowest BCUT2D eigenvalue weighted by molar-refractivity contribution is 0.889. The van der Waals surface area contributed by atoms with E-state index >= 15 is 0 Å². The van der Waals surface area contributed by atoms with Gasteiger partial charge in [0.2, 0.25) is 5.16 Å². The van der Waals surface area contributed by atoms with Gasteiger partial charge in [-0.3, -0.25) is 0 Å². The number of thiophene rings is 1. The predicted molar refractivity (Wildman–Crippen MR) is 64.5 cm³/mol. The molecule has 0 saturated carbocycles. The van der Waals surface area contributed by atoms with Crippen molar-refractivity contribution in [1.82, 2.24) is 15.2 Å². The molecule has 0 aliphatic rings. The first-order chi connectivity index (χ1) is 7.38. The van der Waals surface area contributed by atoms with Gasteiger partial charge in [-0.2, -0.15) is 0 Å². The summed E-state index contributed by atoms with van der Waals surface area (Å²) in [6.07, 6.45) is 1.96. The highest BCUT2D eigenvalue weighted by molar-refractivity contribution is 7.98. The minimum absolute atomic E-state index is 0.728. The van der Waals surface area contributed by atoms with Crippen molar-refractivity contribution in [2.24, 2.45) is 0 Å². The SMILES string of the molecule is CSc1nnc2sc3ccccc3c2n1. The molecule has 0 spiro atoms. The van der Waals surface area contributed by atoms with Gasteiger partial charge in [-0.15, -0.1) is 21.5 Å². The minimum atomic E-state index is 0.728. The van der Waals surface area contributed by atoms with E-state index in [0.29, 0.717) is 0 Å². The Bertz CT molecular complexity index is 633. The van der Waals surface area contributed by atoms with Crippen molar-refractivity contribution < 1.29 is 0 Å². The minimum Gasteiger partial charge on any atom is -0.218 e. The molecular weight excluding hydrogens is 226 g/mol. The van der Waals surface area contributed by atoms with E-state index in [1.807, 2.05) is 18.4 Å². The topological polar surface area (TPSA) is 38.7 Å². The molecule has 0 aliphatic heterocycles. The van der Waals surface area contributed by atoms with Gasteiger partial charge in [0.1, 0.15) is 5.52 Å². The van der Waals surface area contributed by atoms with Gasteiger partial charge < -0.3 is 0 Å². The van der Waals surface area contributed by atoms with Crippen LogP contribution in [0.15, 0.2) is 29.4 Å². The van der Waals surface area contributed by atoms with Crippen LogP contribution in [0.1, 0.15) is 0 Å². The van der Waals surface area contributed by atoms with Gasteiger partial charge in [-0.05, 0) is 12.3 Å². The maximum Gasteiger partial charge on any atom is 0.209 e. The van der Waals surface area contributed by atoms with Gasteiger partial charge in [0.25, 0.3) is 0 Å². The van der Waals surface area contributed by atoms with Gasteiger partial charge in [0.15, 0.2) is 4.83 Å². The number of nitrogens with zero attached hydrogens (tertiary/aromatic N) is 3. The zero-order valence-electron chi connectivity index (χ0n) is 7.97.